The van der Waals surface area contributed by atoms with Crippen molar-refractivity contribution in [3.05, 3.63) is 29.8 Å². The van der Waals surface area contributed by atoms with Gasteiger partial charge in [0.1, 0.15) is 5.75 Å². The Morgan fingerprint density at radius 1 is 0.781 bits per heavy atom. The SMILES string of the molecule is CCCOC(=O)c1ccc(OC(=O)CN(CCN(CC(=O)O)CC(=O)O)CC(=O)O)cc1. The molecule has 0 bridgehead atoms. The second-order valence-corrected chi connectivity index (χ2v) is 6.74. The number of carboxylic acids is 3. The lowest BCUT2D eigenvalue weighted by Gasteiger charge is -2.24. The number of ether oxygens (including phenoxy) is 2. The number of carboxylic acid groups (broad SMARTS) is 3. The summed E-state index contributed by atoms with van der Waals surface area (Å²) in [5.41, 5.74) is 0.280. The van der Waals surface area contributed by atoms with Crippen molar-refractivity contribution in [1.82, 2.24) is 9.80 Å². The largest absolute Gasteiger partial charge is 0.480 e. The summed E-state index contributed by atoms with van der Waals surface area (Å²) < 4.78 is 10.1. The van der Waals surface area contributed by atoms with Crippen molar-refractivity contribution in [3.8, 4) is 5.75 Å². The smallest absolute Gasteiger partial charge is 0.338 e. The van der Waals surface area contributed by atoms with Gasteiger partial charge in [0.2, 0.25) is 0 Å². The molecule has 12 heteroatoms. The van der Waals surface area contributed by atoms with Crippen LogP contribution >= 0.6 is 0 Å². The van der Waals surface area contributed by atoms with Gasteiger partial charge >= 0.3 is 29.8 Å². The monoisotopic (exact) mass is 454 g/mol. The lowest BCUT2D eigenvalue weighted by molar-refractivity contribution is -0.144. The summed E-state index contributed by atoms with van der Waals surface area (Å²) in [7, 11) is 0. The third-order valence-electron chi connectivity index (χ3n) is 3.92. The van der Waals surface area contributed by atoms with Crippen LogP contribution in [0, 0.1) is 0 Å². The Hall–Kier alpha value is -3.51. The average Bonchev–Trinajstić information content (AvgIpc) is 2.69. The fourth-order valence-corrected chi connectivity index (χ4v) is 2.57. The predicted molar refractivity (Wildman–Crippen MR) is 108 cm³/mol. The van der Waals surface area contributed by atoms with E-state index >= 15 is 0 Å². The van der Waals surface area contributed by atoms with E-state index in [1.807, 2.05) is 6.92 Å². The Labute approximate surface area is 183 Å². The van der Waals surface area contributed by atoms with Crippen LogP contribution in [0.1, 0.15) is 23.7 Å². The molecule has 0 fully saturated rings. The molecule has 0 unspecified atom stereocenters. The molecule has 1 aromatic rings. The van der Waals surface area contributed by atoms with Crippen molar-refractivity contribution in [2.24, 2.45) is 0 Å². The zero-order valence-corrected chi connectivity index (χ0v) is 17.6. The molecular weight excluding hydrogens is 428 g/mol. The molecule has 0 atom stereocenters. The number of hydrogen-bond donors (Lipinski definition) is 3. The average molecular weight is 454 g/mol. The summed E-state index contributed by atoms with van der Waals surface area (Å²) >= 11 is 0. The number of esters is 2. The summed E-state index contributed by atoms with van der Waals surface area (Å²) in [6.45, 7) is -0.0934. The van der Waals surface area contributed by atoms with Crippen LogP contribution in [0.2, 0.25) is 0 Å². The molecule has 0 saturated carbocycles. The molecule has 0 spiro atoms. The van der Waals surface area contributed by atoms with E-state index < -0.39 is 56.0 Å². The zero-order valence-electron chi connectivity index (χ0n) is 17.6. The van der Waals surface area contributed by atoms with Crippen molar-refractivity contribution < 1.29 is 48.8 Å². The topological polar surface area (TPSA) is 171 Å². The van der Waals surface area contributed by atoms with Crippen LogP contribution in [0.15, 0.2) is 24.3 Å². The van der Waals surface area contributed by atoms with Gasteiger partial charge in [-0.05, 0) is 30.7 Å². The summed E-state index contributed by atoms with van der Waals surface area (Å²) in [6.07, 6.45) is 0.679. The van der Waals surface area contributed by atoms with Crippen molar-refractivity contribution in [3.63, 3.8) is 0 Å². The first-order valence-corrected chi connectivity index (χ1v) is 9.68. The molecule has 0 heterocycles. The van der Waals surface area contributed by atoms with Crippen molar-refractivity contribution >= 4 is 29.8 Å². The highest BCUT2D eigenvalue weighted by Gasteiger charge is 2.19. The first-order valence-electron chi connectivity index (χ1n) is 9.68. The number of aliphatic carboxylic acids is 3. The standard InChI is InChI=1S/C20H26N2O10/c1-2-9-31-20(30)14-3-5-15(6-4-14)32-19(29)13-22(12-18(27)28)8-7-21(10-16(23)24)11-17(25)26/h3-6H,2,7-13H2,1H3,(H,23,24)(H,25,26)(H,27,28). The molecule has 0 radical (unpaired) electrons. The van der Waals surface area contributed by atoms with Crippen LogP contribution in [0.5, 0.6) is 5.75 Å². The molecule has 1 rings (SSSR count). The van der Waals surface area contributed by atoms with Crippen LogP contribution in [0.3, 0.4) is 0 Å². The molecule has 1 aromatic carbocycles. The lowest BCUT2D eigenvalue weighted by atomic mass is 10.2. The summed E-state index contributed by atoms with van der Waals surface area (Å²) in [5.74, 6) is -4.86. The summed E-state index contributed by atoms with van der Waals surface area (Å²) in [5, 5.41) is 26.8. The van der Waals surface area contributed by atoms with Gasteiger partial charge in [-0.1, -0.05) is 6.92 Å². The summed E-state index contributed by atoms with van der Waals surface area (Å²) in [4.78, 5) is 59.1. The van der Waals surface area contributed by atoms with Crippen LogP contribution in [0.4, 0.5) is 0 Å². The second-order valence-electron chi connectivity index (χ2n) is 6.74. The minimum atomic E-state index is -1.24. The molecular formula is C20H26N2O10. The highest BCUT2D eigenvalue weighted by molar-refractivity contribution is 5.89. The molecule has 0 aromatic heterocycles. The molecule has 3 N–H and O–H groups in total. The third-order valence-corrected chi connectivity index (χ3v) is 3.92. The summed E-state index contributed by atoms with van der Waals surface area (Å²) in [6, 6.07) is 5.63. The Balaban J connectivity index is 2.69. The van der Waals surface area contributed by atoms with E-state index in [-0.39, 0.29) is 31.0 Å². The number of rotatable bonds is 15. The molecule has 0 amide bonds. The predicted octanol–water partition coefficient (Wildman–Crippen LogP) is 0.0166. The van der Waals surface area contributed by atoms with E-state index in [2.05, 4.69) is 0 Å². The maximum absolute atomic E-state index is 12.2. The highest BCUT2D eigenvalue weighted by atomic mass is 16.5. The molecule has 32 heavy (non-hydrogen) atoms. The Kier molecular flexibility index (Phi) is 11.4. The normalized spacial score (nSPS) is 10.7. The van der Waals surface area contributed by atoms with Gasteiger partial charge in [0.25, 0.3) is 0 Å². The third kappa shape index (κ3) is 11.0. The minimum Gasteiger partial charge on any atom is -0.480 e. The Morgan fingerprint density at radius 2 is 1.25 bits per heavy atom. The number of hydrogen-bond acceptors (Lipinski definition) is 9. The maximum Gasteiger partial charge on any atom is 0.338 e. The van der Waals surface area contributed by atoms with E-state index in [9.17, 15) is 24.0 Å². The van der Waals surface area contributed by atoms with Crippen LogP contribution in [-0.4, -0.2) is 101 Å². The second kappa shape index (κ2) is 13.7. The van der Waals surface area contributed by atoms with Crippen LogP contribution in [-0.2, 0) is 23.9 Å². The van der Waals surface area contributed by atoms with Gasteiger partial charge in [0, 0.05) is 13.1 Å². The van der Waals surface area contributed by atoms with E-state index in [4.69, 9.17) is 24.8 Å². The first-order chi connectivity index (χ1) is 15.1. The maximum atomic E-state index is 12.2. The van der Waals surface area contributed by atoms with E-state index in [0.29, 0.717) is 6.42 Å². The fourth-order valence-electron chi connectivity index (χ4n) is 2.57. The molecule has 0 aliphatic heterocycles. The van der Waals surface area contributed by atoms with E-state index in [1.165, 1.54) is 29.2 Å². The Bertz CT molecular complexity index is 793. The van der Waals surface area contributed by atoms with Crippen molar-refractivity contribution in [2.45, 2.75) is 13.3 Å². The molecule has 0 saturated heterocycles. The number of carbonyl (C=O) groups is 5. The van der Waals surface area contributed by atoms with E-state index in [1.54, 1.807) is 0 Å². The van der Waals surface area contributed by atoms with Gasteiger partial charge in [-0.3, -0.25) is 29.0 Å². The van der Waals surface area contributed by atoms with Gasteiger partial charge in [-0.25, -0.2) is 4.79 Å². The lowest BCUT2D eigenvalue weighted by Crippen LogP contribution is -2.43. The molecule has 176 valence electrons. The quantitative estimate of drug-likeness (QED) is 0.240. The van der Waals surface area contributed by atoms with E-state index in [0.717, 1.165) is 4.90 Å². The number of carbonyl (C=O) groups excluding carboxylic acids is 2. The number of benzene rings is 1. The fraction of sp³-hybridized carbons (Fsp3) is 0.450. The molecule has 0 aliphatic carbocycles. The van der Waals surface area contributed by atoms with Crippen molar-refractivity contribution in [2.75, 3.05) is 45.9 Å². The van der Waals surface area contributed by atoms with Gasteiger partial charge in [0.05, 0.1) is 38.3 Å². The zero-order chi connectivity index (χ0) is 24.1. The number of nitrogens with zero attached hydrogens (tertiary/aromatic N) is 2. The van der Waals surface area contributed by atoms with Gasteiger partial charge in [0.15, 0.2) is 0 Å². The van der Waals surface area contributed by atoms with Gasteiger partial charge < -0.3 is 24.8 Å². The Morgan fingerprint density at radius 3 is 1.69 bits per heavy atom. The van der Waals surface area contributed by atoms with Crippen LogP contribution in [0.25, 0.3) is 0 Å². The highest BCUT2D eigenvalue weighted by Crippen LogP contribution is 2.13. The molecule has 12 nitrogen and oxygen atoms in total. The van der Waals surface area contributed by atoms with Gasteiger partial charge in [-0.2, -0.15) is 0 Å². The first kappa shape index (κ1) is 26.5. The van der Waals surface area contributed by atoms with Crippen molar-refractivity contribution in [1.29, 1.82) is 0 Å². The van der Waals surface area contributed by atoms with Crippen LogP contribution < -0.4 is 4.74 Å². The molecule has 0 aliphatic rings. The minimum absolute atomic E-state index is 0.0792. The van der Waals surface area contributed by atoms with Gasteiger partial charge in [-0.15, -0.1) is 0 Å².